The quantitative estimate of drug-likeness (QED) is 0.851. The number of aromatic carboxylic acids is 1. The average Bonchev–Trinajstić information content (AvgIpc) is 3.34. The van der Waals surface area contributed by atoms with Gasteiger partial charge in [-0.2, -0.15) is 0 Å². The van der Waals surface area contributed by atoms with E-state index in [4.69, 9.17) is 0 Å². The molecule has 2 bridgehead atoms. The third kappa shape index (κ3) is 2.27. The Labute approximate surface area is 156 Å². The highest BCUT2D eigenvalue weighted by Crippen LogP contribution is 2.61. The predicted molar refractivity (Wildman–Crippen MR) is 98.3 cm³/mol. The van der Waals surface area contributed by atoms with Crippen molar-refractivity contribution in [3.8, 4) is 0 Å². The fraction of sp³-hybridized carbons (Fsp3) is 0.318. The molecule has 1 saturated heterocycles. The summed E-state index contributed by atoms with van der Waals surface area (Å²) in [4.78, 5) is 38.8. The number of imide groups is 1. The van der Waals surface area contributed by atoms with Crippen LogP contribution in [0.4, 0.5) is 5.69 Å². The minimum Gasteiger partial charge on any atom is -0.478 e. The van der Waals surface area contributed by atoms with Crippen molar-refractivity contribution in [2.45, 2.75) is 18.8 Å². The molecule has 2 aliphatic carbocycles. The maximum absolute atomic E-state index is 13.2. The van der Waals surface area contributed by atoms with Crippen LogP contribution in [-0.4, -0.2) is 22.9 Å². The second-order valence-electron chi connectivity index (χ2n) is 7.83. The minimum absolute atomic E-state index is 0.0790. The lowest BCUT2D eigenvalue weighted by molar-refractivity contribution is -0.123. The Morgan fingerprint density at radius 2 is 1.67 bits per heavy atom. The van der Waals surface area contributed by atoms with E-state index in [1.807, 2.05) is 18.2 Å². The van der Waals surface area contributed by atoms with E-state index in [9.17, 15) is 19.5 Å². The first-order valence-corrected chi connectivity index (χ1v) is 9.32. The number of hydrogen-bond donors (Lipinski definition) is 1. The van der Waals surface area contributed by atoms with Gasteiger partial charge < -0.3 is 5.11 Å². The van der Waals surface area contributed by atoms with Gasteiger partial charge in [0.25, 0.3) is 0 Å². The monoisotopic (exact) mass is 361 g/mol. The Hall–Kier alpha value is -2.95. The highest BCUT2D eigenvalue weighted by molar-refractivity contribution is 6.22. The van der Waals surface area contributed by atoms with Gasteiger partial charge in [0.2, 0.25) is 11.8 Å². The predicted octanol–water partition coefficient (Wildman–Crippen LogP) is 3.31. The van der Waals surface area contributed by atoms with Crippen LogP contribution in [0.2, 0.25) is 0 Å². The Bertz CT molecular complexity index is 954. The van der Waals surface area contributed by atoms with E-state index < -0.39 is 5.97 Å². The van der Waals surface area contributed by atoms with Crippen molar-refractivity contribution in [2.24, 2.45) is 23.7 Å². The van der Waals surface area contributed by atoms with E-state index in [0.29, 0.717) is 11.6 Å². The fourth-order valence-electron chi connectivity index (χ4n) is 5.58. The van der Waals surface area contributed by atoms with Gasteiger partial charge in [0.1, 0.15) is 0 Å². The molecule has 0 spiro atoms. The van der Waals surface area contributed by atoms with Crippen LogP contribution in [0.3, 0.4) is 0 Å². The lowest BCUT2D eigenvalue weighted by Crippen LogP contribution is -2.33. The molecule has 2 aromatic carbocycles. The van der Waals surface area contributed by atoms with Crippen molar-refractivity contribution in [2.75, 3.05) is 4.90 Å². The molecule has 1 N–H and O–H groups in total. The third-order valence-electron chi connectivity index (χ3n) is 6.59. The SMILES string of the molecule is O=C(O)c1cccc(N2C(=O)[C@@H]3[C@@H]4C[C@@H]([C@H]3C2=O)[C@@H](c2ccccc2)C4)c1. The zero-order valence-electron chi connectivity index (χ0n) is 14.6. The van der Waals surface area contributed by atoms with Crippen LogP contribution in [-0.2, 0) is 9.59 Å². The number of carbonyl (C=O) groups is 3. The molecule has 5 rings (SSSR count). The highest BCUT2D eigenvalue weighted by atomic mass is 16.4. The van der Waals surface area contributed by atoms with E-state index in [-0.39, 0.29) is 41.0 Å². The zero-order valence-corrected chi connectivity index (χ0v) is 14.6. The summed E-state index contributed by atoms with van der Waals surface area (Å²) in [5.74, 6) is -1.20. The number of anilines is 1. The largest absolute Gasteiger partial charge is 0.478 e. The van der Waals surface area contributed by atoms with Gasteiger partial charge in [-0.1, -0.05) is 36.4 Å². The van der Waals surface area contributed by atoms with Gasteiger partial charge in [-0.15, -0.1) is 0 Å². The summed E-state index contributed by atoms with van der Waals surface area (Å²) in [6.07, 6.45) is 1.87. The van der Waals surface area contributed by atoms with Crippen molar-refractivity contribution in [1.82, 2.24) is 0 Å². The molecular weight excluding hydrogens is 342 g/mol. The molecule has 27 heavy (non-hydrogen) atoms. The summed E-state index contributed by atoms with van der Waals surface area (Å²) < 4.78 is 0. The molecule has 5 heteroatoms. The van der Waals surface area contributed by atoms with Gasteiger partial charge in [0, 0.05) is 0 Å². The minimum atomic E-state index is -1.07. The van der Waals surface area contributed by atoms with E-state index >= 15 is 0 Å². The van der Waals surface area contributed by atoms with E-state index in [1.54, 1.807) is 12.1 Å². The van der Waals surface area contributed by atoms with Crippen molar-refractivity contribution < 1.29 is 19.5 Å². The summed E-state index contributed by atoms with van der Waals surface area (Å²) in [5, 5.41) is 9.21. The Morgan fingerprint density at radius 1 is 0.926 bits per heavy atom. The van der Waals surface area contributed by atoms with Gasteiger partial charge in [0.05, 0.1) is 23.1 Å². The number of benzene rings is 2. The summed E-state index contributed by atoms with van der Waals surface area (Å²) in [6, 6.07) is 16.3. The van der Waals surface area contributed by atoms with Crippen molar-refractivity contribution in [3.63, 3.8) is 0 Å². The number of carboxylic acids is 1. The molecule has 2 aromatic rings. The first kappa shape index (κ1) is 16.2. The number of carbonyl (C=O) groups excluding carboxylic acids is 2. The topological polar surface area (TPSA) is 74.7 Å². The van der Waals surface area contributed by atoms with Gasteiger partial charge in [-0.05, 0) is 54.4 Å². The molecule has 3 aliphatic rings. The number of fused-ring (bicyclic) bond motifs is 5. The highest BCUT2D eigenvalue weighted by Gasteiger charge is 2.64. The molecule has 1 aliphatic heterocycles. The van der Waals surface area contributed by atoms with Gasteiger partial charge >= 0.3 is 5.97 Å². The van der Waals surface area contributed by atoms with Crippen LogP contribution in [0.15, 0.2) is 54.6 Å². The van der Waals surface area contributed by atoms with E-state index in [0.717, 1.165) is 12.8 Å². The number of hydrogen-bond acceptors (Lipinski definition) is 3. The number of nitrogens with zero attached hydrogens (tertiary/aromatic N) is 1. The second kappa shape index (κ2) is 5.78. The normalized spacial score (nSPS) is 31.4. The van der Waals surface area contributed by atoms with Gasteiger partial charge in [-0.3, -0.25) is 14.5 Å². The standard InChI is InChI=1S/C22H19NO4/c24-20-18-14-10-16(12-5-2-1-3-6-12)17(11-14)19(18)21(25)23(20)15-8-4-7-13(9-15)22(26)27/h1-9,14,16-19H,10-11H2,(H,26,27)/t14-,16+,17+,18+,19+/m0/s1. The van der Waals surface area contributed by atoms with Crippen LogP contribution in [0.25, 0.3) is 0 Å². The number of carboxylic acid groups (broad SMARTS) is 1. The first-order chi connectivity index (χ1) is 13.1. The second-order valence-corrected chi connectivity index (χ2v) is 7.83. The van der Waals surface area contributed by atoms with Crippen LogP contribution < -0.4 is 4.90 Å². The summed E-state index contributed by atoms with van der Waals surface area (Å²) in [6.45, 7) is 0. The summed E-state index contributed by atoms with van der Waals surface area (Å²) >= 11 is 0. The molecule has 0 radical (unpaired) electrons. The lowest BCUT2D eigenvalue weighted by Gasteiger charge is -2.28. The Balaban J connectivity index is 1.49. The molecule has 5 atom stereocenters. The van der Waals surface area contributed by atoms with Crippen LogP contribution in [0.5, 0.6) is 0 Å². The molecule has 5 nitrogen and oxygen atoms in total. The van der Waals surface area contributed by atoms with Crippen LogP contribution in [0.1, 0.15) is 34.7 Å². The van der Waals surface area contributed by atoms with E-state index in [2.05, 4.69) is 12.1 Å². The summed E-state index contributed by atoms with van der Waals surface area (Å²) in [5.41, 5.74) is 1.69. The molecular formula is C22H19NO4. The molecule has 3 fully saturated rings. The van der Waals surface area contributed by atoms with Crippen molar-refractivity contribution in [1.29, 1.82) is 0 Å². The van der Waals surface area contributed by atoms with E-state index in [1.165, 1.54) is 22.6 Å². The average molecular weight is 361 g/mol. The smallest absolute Gasteiger partial charge is 0.335 e. The van der Waals surface area contributed by atoms with Gasteiger partial charge in [-0.25, -0.2) is 4.79 Å². The zero-order chi connectivity index (χ0) is 18.7. The maximum Gasteiger partial charge on any atom is 0.335 e. The summed E-state index contributed by atoms with van der Waals surface area (Å²) in [7, 11) is 0. The molecule has 0 aromatic heterocycles. The molecule has 2 amide bonds. The Morgan fingerprint density at radius 3 is 2.41 bits per heavy atom. The number of rotatable bonds is 3. The third-order valence-corrected chi connectivity index (χ3v) is 6.59. The lowest BCUT2D eigenvalue weighted by atomic mass is 9.73. The van der Waals surface area contributed by atoms with Crippen molar-refractivity contribution in [3.05, 3.63) is 65.7 Å². The van der Waals surface area contributed by atoms with Crippen LogP contribution in [0, 0.1) is 23.7 Å². The fourth-order valence-corrected chi connectivity index (χ4v) is 5.58. The molecule has 0 unspecified atom stereocenters. The van der Waals surface area contributed by atoms with Gasteiger partial charge in [0.15, 0.2) is 0 Å². The Kier molecular flexibility index (Phi) is 3.47. The first-order valence-electron chi connectivity index (χ1n) is 9.32. The molecule has 136 valence electrons. The van der Waals surface area contributed by atoms with Crippen molar-refractivity contribution >= 4 is 23.5 Å². The molecule has 1 heterocycles. The van der Waals surface area contributed by atoms with Crippen LogP contribution >= 0.6 is 0 Å². The molecule has 2 saturated carbocycles. The maximum atomic E-state index is 13.2. The number of amides is 2.